The molecule has 3 heteroatoms. The van der Waals surface area contributed by atoms with Gasteiger partial charge in [0.15, 0.2) is 0 Å². The van der Waals surface area contributed by atoms with Crippen molar-refractivity contribution in [1.82, 2.24) is 0 Å². The molecule has 0 amide bonds. The summed E-state index contributed by atoms with van der Waals surface area (Å²) in [6.07, 6.45) is 0. The molecule has 3 nitrogen and oxygen atoms in total. The highest BCUT2D eigenvalue weighted by Crippen LogP contribution is 2.32. The molecule has 0 heterocycles. The van der Waals surface area contributed by atoms with E-state index in [1.165, 1.54) is 5.56 Å². The van der Waals surface area contributed by atoms with E-state index in [1.54, 1.807) is 14.2 Å². The van der Waals surface area contributed by atoms with E-state index >= 15 is 0 Å². The summed E-state index contributed by atoms with van der Waals surface area (Å²) < 4.78 is 10.8. The molecule has 90 valence electrons. The number of ether oxygens (including phenoxy) is 2. The summed E-state index contributed by atoms with van der Waals surface area (Å²) >= 11 is 0. The van der Waals surface area contributed by atoms with Gasteiger partial charge in [0.1, 0.15) is 11.4 Å². The molecule has 0 saturated heterocycles. The van der Waals surface area contributed by atoms with E-state index in [0.29, 0.717) is 6.54 Å². The number of benzene rings is 1. The van der Waals surface area contributed by atoms with Crippen LogP contribution in [0.3, 0.4) is 0 Å². The number of rotatable bonds is 4. The van der Waals surface area contributed by atoms with E-state index in [9.17, 15) is 0 Å². The fourth-order valence-electron chi connectivity index (χ4n) is 1.89. The zero-order valence-electron chi connectivity index (χ0n) is 10.8. The molecular weight excluding hydrogens is 202 g/mol. The van der Waals surface area contributed by atoms with Gasteiger partial charge in [0.25, 0.3) is 0 Å². The van der Waals surface area contributed by atoms with Gasteiger partial charge in [-0.15, -0.1) is 0 Å². The average molecular weight is 223 g/mol. The molecule has 0 aliphatic rings. The van der Waals surface area contributed by atoms with Crippen molar-refractivity contribution in [3.05, 3.63) is 28.8 Å². The molecule has 0 aliphatic carbocycles. The number of methoxy groups -OCH3 is 2. The molecule has 0 bridgehead atoms. The van der Waals surface area contributed by atoms with Gasteiger partial charge < -0.3 is 15.2 Å². The summed E-state index contributed by atoms with van der Waals surface area (Å²) in [5, 5.41) is 0. The zero-order valence-corrected chi connectivity index (χ0v) is 10.8. The average Bonchev–Trinajstić information content (AvgIpc) is 2.31. The van der Waals surface area contributed by atoms with Crippen molar-refractivity contribution >= 4 is 0 Å². The first-order valence-corrected chi connectivity index (χ1v) is 5.40. The fourth-order valence-corrected chi connectivity index (χ4v) is 1.89. The van der Waals surface area contributed by atoms with Gasteiger partial charge >= 0.3 is 0 Å². The Kier molecular flexibility index (Phi) is 3.94. The minimum atomic E-state index is -0.429. The van der Waals surface area contributed by atoms with Crippen LogP contribution in [0, 0.1) is 13.8 Å². The van der Waals surface area contributed by atoms with E-state index in [0.717, 1.165) is 16.9 Å². The van der Waals surface area contributed by atoms with E-state index in [4.69, 9.17) is 15.2 Å². The molecule has 0 radical (unpaired) electrons. The highest BCUT2D eigenvalue weighted by atomic mass is 16.5. The van der Waals surface area contributed by atoms with Crippen molar-refractivity contribution in [1.29, 1.82) is 0 Å². The number of nitrogens with two attached hydrogens (primary N) is 1. The van der Waals surface area contributed by atoms with Crippen molar-refractivity contribution in [2.45, 2.75) is 26.4 Å². The molecule has 1 aromatic rings. The lowest BCUT2D eigenvalue weighted by atomic mass is 9.89. The third-order valence-electron chi connectivity index (χ3n) is 3.37. The second kappa shape index (κ2) is 4.85. The summed E-state index contributed by atoms with van der Waals surface area (Å²) in [5.74, 6) is 0.900. The quantitative estimate of drug-likeness (QED) is 0.850. The lowest BCUT2D eigenvalue weighted by molar-refractivity contribution is 0.00948. The fraction of sp³-hybridized carbons (Fsp3) is 0.538. The highest BCUT2D eigenvalue weighted by Gasteiger charge is 2.27. The maximum Gasteiger partial charge on any atom is 0.122 e. The SMILES string of the molecule is COc1ccc(C(C)(CN)OC)c(C)c1C. The van der Waals surface area contributed by atoms with Gasteiger partial charge in [0.05, 0.1) is 7.11 Å². The maximum atomic E-state index is 5.78. The number of hydrogen-bond acceptors (Lipinski definition) is 3. The van der Waals surface area contributed by atoms with Crippen LogP contribution >= 0.6 is 0 Å². The Bertz CT molecular complexity index is 370. The van der Waals surface area contributed by atoms with E-state index in [-0.39, 0.29) is 0 Å². The van der Waals surface area contributed by atoms with Gasteiger partial charge in [-0.05, 0) is 43.5 Å². The van der Waals surface area contributed by atoms with Gasteiger partial charge in [-0.1, -0.05) is 6.07 Å². The van der Waals surface area contributed by atoms with E-state index in [2.05, 4.69) is 6.92 Å². The molecule has 0 aromatic heterocycles. The van der Waals surface area contributed by atoms with Crippen LogP contribution < -0.4 is 10.5 Å². The summed E-state index contributed by atoms with van der Waals surface area (Å²) in [7, 11) is 3.37. The largest absolute Gasteiger partial charge is 0.496 e. The van der Waals surface area contributed by atoms with Crippen LogP contribution in [0.2, 0.25) is 0 Å². The smallest absolute Gasteiger partial charge is 0.122 e. The Morgan fingerprint density at radius 1 is 1.19 bits per heavy atom. The van der Waals surface area contributed by atoms with Crippen molar-refractivity contribution in [3.63, 3.8) is 0 Å². The predicted octanol–water partition coefficient (Wildman–Crippen LogP) is 2.13. The summed E-state index contributed by atoms with van der Waals surface area (Å²) in [6, 6.07) is 3.99. The lowest BCUT2D eigenvalue weighted by Crippen LogP contribution is -2.34. The summed E-state index contributed by atoms with van der Waals surface area (Å²) in [6.45, 7) is 6.57. The van der Waals surface area contributed by atoms with Crippen LogP contribution in [-0.4, -0.2) is 20.8 Å². The van der Waals surface area contributed by atoms with Crippen LogP contribution in [-0.2, 0) is 10.3 Å². The van der Waals surface area contributed by atoms with Crippen molar-refractivity contribution < 1.29 is 9.47 Å². The second-order valence-electron chi connectivity index (χ2n) is 4.20. The summed E-state index contributed by atoms with van der Waals surface area (Å²) in [4.78, 5) is 0. The Labute approximate surface area is 97.6 Å². The van der Waals surface area contributed by atoms with Crippen molar-refractivity contribution in [3.8, 4) is 5.75 Å². The molecule has 1 unspecified atom stereocenters. The van der Waals surface area contributed by atoms with Gasteiger partial charge in [0.2, 0.25) is 0 Å². The first-order valence-electron chi connectivity index (χ1n) is 5.40. The molecule has 0 fully saturated rings. The molecular formula is C13H21NO2. The minimum absolute atomic E-state index is 0.429. The number of hydrogen-bond donors (Lipinski definition) is 1. The first-order chi connectivity index (χ1) is 7.50. The molecule has 0 spiro atoms. The second-order valence-corrected chi connectivity index (χ2v) is 4.20. The Hall–Kier alpha value is -1.06. The van der Waals surface area contributed by atoms with Gasteiger partial charge in [-0.3, -0.25) is 0 Å². The predicted molar refractivity (Wildman–Crippen MR) is 65.9 cm³/mol. The Morgan fingerprint density at radius 2 is 1.81 bits per heavy atom. The topological polar surface area (TPSA) is 44.5 Å². The van der Waals surface area contributed by atoms with E-state index in [1.807, 2.05) is 26.0 Å². The molecule has 1 atom stereocenters. The molecule has 1 rings (SSSR count). The Morgan fingerprint density at radius 3 is 2.25 bits per heavy atom. The van der Waals surface area contributed by atoms with E-state index < -0.39 is 5.60 Å². The highest BCUT2D eigenvalue weighted by molar-refractivity contribution is 5.45. The van der Waals surface area contributed by atoms with Gasteiger partial charge in [-0.25, -0.2) is 0 Å². The molecule has 0 saturated carbocycles. The normalized spacial score (nSPS) is 14.6. The Balaban J connectivity index is 3.31. The van der Waals surface area contributed by atoms with Crippen LogP contribution in [0.4, 0.5) is 0 Å². The standard InChI is InChI=1S/C13H21NO2/c1-9-10(2)12(15-4)7-6-11(9)13(3,8-14)16-5/h6-7H,8,14H2,1-5H3. The van der Waals surface area contributed by atoms with Crippen LogP contribution in [0.25, 0.3) is 0 Å². The zero-order chi connectivity index (χ0) is 12.3. The molecule has 0 aliphatic heterocycles. The van der Waals surface area contributed by atoms with Crippen molar-refractivity contribution in [2.24, 2.45) is 5.73 Å². The molecule has 1 aromatic carbocycles. The van der Waals surface area contributed by atoms with Crippen LogP contribution in [0.15, 0.2) is 12.1 Å². The van der Waals surface area contributed by atoms with Gasteiger partial charge in [0, 0.05) is 13.7 Å². The van der Waals surface area contributed by atoms with Crippen LogP contribution in [0.5, 0.6) is 5.75 Å². The minimum Gasteiger partial charge on any atom is -0.496 e. The van der Waals surface area contributed by atoms with Crippen LogP contribution in [0.1, 0.15) is 23.6 Å². The summed E-state index contributed by atoms with van der Waals surface area (Å²) in [5.41, 5.74) is 8.79. The first kappa shape index (κ1) is 13.0. The van der Waals surface area contributed by atoms with Crippen molar-refractivity contribution in [2.75, 3.05) is 20.8 Å². The maximum absolute atomic E-state index is 5.78. The molecule has 16 heavy (non-hydrogen) atoms. The lowest BCUT2D eigenvalue weighted by Gasteiger charge is -2.29. The third-order valence-corrected chi connectivity index (χ3v) is 3.37. The monoisotopic (exact) mass is 223 g/mol. The third kappa shape index (κ3) is 2.06. The molecule has 2 N–H and O–H groups in total. The van der Waals surface area contributed by atoms with Gasteiger partial charge in [-0.2, -0.15) is 0 Å².